The summed E-state index contributed by atoms with van der Waals surface area (Å²) in [6.07, 6.45) is 10.9. The van der Waals surface area contributed by atoms with Crippen molar-refractivity contribution in [3.8, 4) is 35.4 Å². The fourth-order valence-corrected chi connectivity index (χ4v) is 7.62. The van der Waals surface area contributed by atoms with Crippen LogP contribution in [0.3, 0.4) is 0 Å². The monoisotopic (exact) mass is 628 g/mol. The number of anilines is 1. The van der Waals surface area contributed by atoms with Gasteiger partial charge in [0.25, 0.3) is 0 Å². The van der Waals surface area contributed by atoms with E-state index in [1.54, 1.807) is 0 Å². The van der Waals surface area contributed by atoms with Gasteiger partial charge in [-0.25, -0.2) is 13.2 Å². The maximum absolute atomic E-state index is 16.8. The molecule has 8 nitrogen and oxygen atoms in total. The minimum Gasteiger partial charge on any atom is -0.508 e. The lowest BCUT2D eigenvalue weighted by molar-refractivity contribution is -0.0200. The smallest absolute Gasteiger partial charge is 0.319 e. The Kier molecular flexibility index (Phi) is 6.99. The number of benzene rings is 2. The molecule has 0 amide bonds. The third kappa shape index (κ3) is 4.99. The number of piperazine rings is 1. The highest BCUT2D eigenvalue weighted by atomic mass is 19.1. The van der Waals surface area contributed by atoms with Crippen molar-refractivity contribution in [2.45, 2.75) is 63.3 Å². The standard InChI is InChI=1S/C35H35F3N6O2/c1-3-24-27(36)9-4-19-12-23(45)13-25(29(19)24)31-30(38)32-26(14-39-31)33(44-15-20-5-6-21(16-44)40-20)42-34(41-32)46-18-35(2)17-43(22-7-8-22)11-10-28(35)37/h1,4,9,12-14,20-22,28,40,45H,5-8,10-11,15-18H2,2H3/t20-,21+,28-,35+/m0/s1. The van der Waals surface area contributed by atoms with Crippen molar-refractivity contribution in [2.24, 2.45) is 5.41 Å². The van der Waals surface area contributed by atoms with E-state index in [1.807, 2.05) is 6.92 Å². The highest BCUT2D eigenvalue weighted by molar-refractivity contribution is 6.03. The molecule has 4 aromatic rings. The number of likely N-dealkylation sites (tertiary alicyclic amines) is 1. The molecule has 4 atom stereocenters. The number of piperidine rings is 1. The number of pyridine rings is 1. The summed E-state index contributed by atoms with van der Waals surface area (Å²) in [6.45, 7) is 4.58. The predicted molar refractivity (Wildman–Crippen MR) is 170 cm³/mol. The molecule has 4 fully saturated rings. The van der Waals surface area contributed by atoms with Gasteiger partial charge in [0.05, 0.1) is 10.9 Å². The molecule has 1 saturated carbocycles. The minimum atomic E-state index is -1.05. The number of phenolic OH excluding ortho intramolecular Hbond substituents is 1. The van der Waals surface area contributed by atoms with E-state index in [9.17, 15) is 9.50 Å². The molecule has 1 aliphatic carbocycles. The molecule has 238 valence electrons. The molecule has 0 unspecified atom stereocenters. The molecule has 46 heavy (non-hydrogen) atoms. The topological polar surface area (TPSA) is 86.6 Å². The third-order valence-electron chi connectivity index (χ3n) is 10.2. The van der Waals surface area contributed by atoms with Gasteiger partial charge in [0.1, 0.15) is 41.4 Å². The number of fused-ring (bicyclic) bond motifs is 4. The van der Waals surface area contributed by atoms with Crippen LogP contribution in [0.2, 0.25) is 0 Å². The number of aromatic nitrogens is 3. The second kappa shape index (κ2) is 11.0. The number of phenols is 1. The van der Waals surface area contributed by atoms with Gasteiger partial charge in [0, 0.05) is 66.9 Å². The summed E-state index contributed by atoms with van der Waals surface area (Å²) >= 11 is 0. The summed E-state index contributed by atoms with van der Waals surface area (Å²) < 4.78 is 53.2. The van der Waals surface area contributed by atoms with E-state index in [4.69, 9.17) is 16.1 Å². The fourth-order valence-electron chi connectivity index (χ4n) is 7.62. The Hall–Kier alpha value is -4.14. The molecule has 8 rings (SSSR count). The van der Waals surface area contributed by atoms with Gasteiger partial charge in [-0.2, -0.15) is 9.97 Å². The second-order valence-electron chi connectivity index (χ2n) is 13.6. The Morgan fingerprint density at radius 2 is 1.89 bits per heavy atom. The highest BCUT2D eigenvalue weighted by Gasteiger charge is 2.45. The Balaban J connectivity index is 1.24. The van der Waals surface area contributed by atoms with E-state index in [0.717, 1.165) is 32.2 Å². The summed E-state index contributed by atoms with van der Waals surface area (Å²) in [7, 11) is 0. The lowest BCUT2D eigenvalue weighted by Crippen LogP contribution is -2.52. The van der Waals surface area contributed by atoms with Crippen LogP contribution in [0.4, 0.5) is 19.0 Å². The number of halogens is 3. The molecular weight excluding hydrogens is 593 g/mol. The number of ether oxygens (including phenoxy) is 1. The molecule has 3 aliphatic heterocycles. The number of terminal acetylenes is 1. The first-order valence-corrected chi connectivity index (χ1v) is 16.0. The summed E-state index contributed by atoms with van der Waals surface area (Å²) in [4.78, 5) is 18.3. The maximum Gasteiger partial charge on any atom is 0.319 e. The first-order chi connectivity index (χ1) is 22.2. The predicted octanol–water partition coefficient (Wildman–Crippen LogP) is 5.34. The van der Waals surface area contributed by atoms with Crippen LogP contribution in [0.5, 0.6) is 11.8 Å². The van der Waals surface area contributed by atoms with Crippen molar-refractivity contribution in [3.63, 3.8) is 0 Å². The summed E-state index contributed by atoms with van der Waals surface area (Å²) in [5.74, 6) is 1.30. The van der Waals surface area contributed by atoms with Crippen LogP contribution in [0.1, 0.15) is 44.6 Å². The highest BCUT2D eigenvalue weighted by Crippen LogP contribution is 2.41. The van der Waals surface area contributed by atoms with Crippen LogP contribution in [-0.4, -0.2) is 82.0 Å². The van der Waals surface area contributed by atoms with Gasteiger partial charge in [-0.15, -0.1) is 6.42 Å². The summed E-state index contributed by atoms with van der Waals surface area (Å²) in [5.41, 5.74) is -0.865. The van der Waals surface area contributed by atoms with Crippen molar-refractivity contribution < 1.29 is 23.0 Å². The first-order valence-electron chi connectivity index (χ1n) is 16.0. The van der Waals surface area contributed by atoms with Crippen molar-refractivity contribution in [1.82, 2.24) is 25.2 Å². The maximum atomic E-state index is 16.8. The SMILES string of the molecule is C#Cc1c(F)ccc2cc(O)cc(-c3ncc4c(N5C[C@H]6CC[C@@H](C5)N6)nc(OC[C@@]5(C)CN(C6CC6)CC[C@@H]5F)nc4c3F)c12. The molecule has 2 N–H and O–H groups in total. The van der Waals surface area contributed by atoms with Crippen molar-refractivity contribution in [2.75, 3.05) is 37.7 Å². The zero-order valence-corrected chi connectivity index (χ0v) is 25.6. The van der Waals surface area contributed by atoms with Crippen molar-refractivity contribution in [3.05, 3.63) is 47.7 Å². The van der Waals surface area contributed by atoms with E-state index < -0.39 is 23.2 Å². The largest absolute Gasteiger partial charge is 0.508 e. The van der Waals surface area contributed by atoms with Gasteiger partial charge >= 0.3 is 6.01 Å². The minimum absolute atomic E-state index is 0.0313. The van der Waals surface area contributed by atoms with Crippen LogP contribution in [0, 0.1) is 29.4 Å². The van der Waals surface area contributed by atoms with Crippen molar-refractivity contribution in [1.29, 1.82) is 0 Å². The Morgan fingerprint density at radius 3 is 2.63 bits per heavy atom. The number of hydrogen-bond donors (Lipinski definition) is 2. The van der Waals surface area contributed by atoms with Crippen LogP contribution in [0.15, 0.2) is 30.5 Å². The Morgan fingerprint density at radius 1 is 1.11 bits per heavy atom. The number of aromatic hydroxyl groups is 1. The van der Waals surface area contributed by atoms with E-state index in [1.165, 1.54) is 30.5 Å². The number of hydrogen-bond acceptors (Lipinski definition) is 8. The molecule has 3 saturated heterocycles. The van der Waals surface area contributed by atoms with Gasteiger partial charge in [0.15, 0.2) is 5.82 Å². The van der Waals surface area contributed by atoms with Crippen molar-refractivity contribution >= 4 is 27.5 Å². The molecule has 5 heterocycles. The molecule has 2 bridgehead atoms. The lowest BCUT2D eigenvalue weighted by Gasteiger charge is -2.42. The van der Waals surface area contributed by atoms with Crippen LogP contribution >= 0.6 is 0 Å². The van der Waals surface area contributed by atoms with Crippen LogP contribution in [0.25, 0.3) is 32.9 Å². The summed E-state index contributed by atoms with van der Waals surface area (Å²) in [6, 6.07) is 6.49. The molecule has 2 aromatic heterocycles. The first kappa shape index (κ1) is 29.3. The average molecular weight is 629 g/mol. The quantitative estimate of drug-likeness (QED) is 0.277. The Bertz CT molecular complexity index is 1900. The van der Waals surface area contributed by atoms with Crippen LogP contribution in [-0.2, 0) is 0 Å². The number of rotatable bonds is 6. The van der Waals surface area contributed by atoms with Gasteiger partial charge in [-0.1, -0.05) is 18.9 Å². The molecular formula is C35H35F3N6O2. The molecule has 4 aliphatic rings. The Labute approximate surface area is 265 Å². The van der Waals surface area contributed by atoms with Gasteiger partial charge in [-0.05, 0) is 55.7 Å². The van der Waals surface area contributed by atoms with Gasteiger partial charge < -0.3 is 20.1 Å². The van der Waals surface area contributed by atoms with E-state index in [2.05, 4.69) is 31.0 Å². The average Bonchev–Trinajstić information content (AvgIpc) is 3.84. The number of nitrogens with one attached hydrogen (secondary N) is 1. The normalized spacial score (nSPS) is 26.5. The van der Waals surface area contributed by atoms with Gasteiger partial charge in [-0.3, -0.25) is 9.88 Å². The number of nitrogens with zero attached hydrogens (tertiary/aromatic N) is 5. The molecule has 2 aromatic carbocycles. The van der Waals surface area contributed by atoms with Gasteiger partial charge in [0.2, 0.25) is 0 Å². The second-order valence-corrected chi connectivity index (χ2v) is 13.6. The third-order valence-corrected chi connectivity index (χ3v) is 10.2. The number of alkyl halides is 1. The van der Waals surface area contributed by atoms with E-state index in [-0.39, 0.29) is 58.2 Å². The van der Waals surface area contributed by atoms with Crippen LogP contribution < -0.4 is 15.0 Å². The summed E-state index contributed by atoms with van der Waals surface area (Å²) in [5, 5.41) is 15.2. The van der Waals surface area contributed by atoms with E-state index in [0.29, 0.717) is 48.7 Å². The zero-order valence-electron chi connectivity index (χ0n) is 25.6. The molecule has 11 heteroatoms. The fraction of sp³-hybridized carbons (Fsp3) is 0.457. The van der Waals surface area contributed by atoms with E-state index >= 15 is 8.78 Å². The molecule has 0 radical (unpaired) electrons. The lowest BCUT2D eigenvalue weighted by atomic mass is 9.81. The zero-order chi connectivity index (χ0) is 31.7. The molecule has 0 spiro atoms.